The number of hydrogen-bond donors (Lipinski definition) is 2. The molecule has 1 unspecified atom stereocenters. The normalized spacial score (nSPS) is 23.0. The van der Waals surface area contributed by atoms with Crippen molar-refractivity contribution in [1.29, 1.82) is 0 Å². The molecule has 0 spiro atoms. The number of rotatable bonds is 4. The zero-order valence-corrected chi connectivity index (χ0v) is 13.2. The maximum absolute atomic E-state index is 12.7. The van der Waals surface area contributed by atoms with Crippen LogP contribution in [0.1, 0.15) is 37.3 Å². The van der Waals surface area contributed by atoms with Crippen molar-refractivity contribution in [3.8, 4) is 0 Å². The summed E-state index contributed by atoms with van der Waals surface area (Å²) >= 11 is 0. The first-order valence-electron chi connectivity index (χ1n) is 7.83. The molecule has 0 bridgehead atoms. The molecular formula is C17H26N2O2. The number of nitrogens with zero attached hydrogens (tertiary/aromatic N) is 1. The van der Waals surface area contributed by atoms with Gasteiger partial charge in [-0.2, -0.15) is 0 Å². The molecule has 0 radical (unpaired) electrons. The maximum atomic E-state index is 12.7. The van der Waals surface area contributed by atoms with Crippen LogP contribution in [0.25, 0.3) is 0 Å². The SMILES string of the molecule is CCCN1CCCC(O)[C@H]1C(=O)Nc1c(C)cccc1C. The second-order valence-electron chi connectivity index (χ2n) is 5.95. The van der Waals surface area contributed by atoms with Crippen molar-refractivity contribution < 1.29 is 9.90 Å². The lowest BCUT2D eigenvalue weighted by molar-refractivity contribution is -0.127. The van der Waals surface area contributed by atoms with Gasteiger partial charge in [0, 0.05) is 5.69 Å². The lowest BCUT2D eigenvalue weighted by Gasteiger charge is -2.37. The molecule has 1 fully saturated rings. The standard InChI is InChI=1S/C17H26N2O2/c1-4-10-19-11-6-9-14(20)16(19)17(21)18-15-12(2)7-5-8-13(15)3/h5,7-8,14,16,20H,4,6,9-11H2,1-3H3,(H,18,21)/t14?,16-/m0/s1. The Morgan fingerprint density at radius 1 is 1.38 bits per heavy atom. The van der Waals surface area contributed by atoms with E-state index in [0.29, 0.717) is 6.42 Å². The van der Waals surface area contributed by atoms with Crippen LogP contribution in [0.5, 0.6) is 0 Å². The first-order valence-corrected chi connectivity index (χ1v) is 7.83. The molecule has 1 aliphatic rings. The van der Waals surface area contributed by atoms with Crippen LogP contribution in [0.3, 0.4) is 0 Å². The quantitative estimate of drug-likeness (QED) is 0.895. The molecule has 1 aromatic carbocycles. The van der Waals surface area contributed by atoms with Crippen molar-refractivity contribution in [3.05, 3.63) is 29.3 Å². The van der Waals surface area contributed by atoms with E-state index in [4.69, 9.17) is 0 Å². The summed E-state index contributed by atoms with van der Waals surface area (Å²) in [5.74, 6) is -0.0898. The molecule has 0 aliphatic carbocycles. The van der Waals surface area contributed by atoms with E-state index in [0.717, 1.165) is 42.7 Å². The minimum Gasteiger partial charge on any atom is -0.391 e. The Morgan fingerprint density at radius 3 is 2.67 bits per heavy atom. The van der Waals surface area contributed by atoms with Gasteiger partial charge in [-0.1, -0.05) is 25.1 Å². The van der Waals surface area contributed by atoms with Crippen LogP contribution in [0, 0.1) is 13.8 Å². The van der Waals surface area contributed by atoms with Gasteiger partial charge in [0.25, 0.3) is 0 Å². The fourth-order valence-electron chi connectivity index (χ4n) is 3.13. The van der Waals surface area contributed by atoms with Crippen LogP contribution in [0.2, 0.25) is 0 Å². The van der Waals surface area contributed by atoms with Crippen LogP contribution in [0.15, 0.2) is 18.2 Å². The van der Waals surface area contributed by atoms with Gasteiger partial charge in [-0.25, -0.2) is 0 Å². The lowest BCUT2D eigenvalue weighted by Crippen LogP contribution is -2.54. The first-order chi connectivity index (χ1) is 10.0. The number of carbonyl (C=O) groups is 1. The molecule has 0 aromatic heterocycles. The number of aliphatic hydroxyl groups is 1. The molecule has 1 saturated heterocycles. The number of hydrogen-bond acceptors (Lipinski definition) is 3. The Bertz CT molecular complexity index is 479. The number of piperidine rings is 1. The van der Waals surface area contributed by atoms with E-state index in [1.165, 1.54) is 0 Å². The number of amides is 1. The monoisotopic (exact) mass is 290 g/mol. The van der Waals surface area contributed by atoms with Crippen molar-refractivity contribution in [3.63, 3.8) is 0 Å². The number of anilines is 1. The van der Waals surface area contributed by atoms with Gasteiger partial charge in [-0.05, 0) is 57.3 Å². The number of nitrogens with one attached hydrogen (secondary N) is 1. The number of likely N-dealkylation sites (tertiary alicyclic amines) is 1. The second kappa shape index (κ2) is 7.05. The molecule has 116 valence electrons. The highest BCUT2D eigenvalue weighted by atomic mass is 16.3. The molecule has 21 heavy (non-hydrogen) atoms. The fraction of sp³-hybridized carbons (Fsp3) is 0.588. The smallest absolute Gasteiger partial charge is 0.244 e. The maximum Gasteiger partial charge on any atom is 0.244 e. The number of aryl methyl sites for hydroxylation is 2. The Morgan fingerprint density at radius 2 is 2.05 bits per heavy atom. The van der Waals surface area contributed by atoms with E-state index in [9.17, 15) is 9.90 Å². The van der Waals surface area contributed by atoms with Gasteiger partial charge in [0.15, 0.2) is 0 Å². The van der Waals surface area contributed by atoms with E-state index in [-0.39, 0.29) is 5.91 Å². The van der Waals surface area contributed by atoms with Gasteiger partial charge in [0.2, 0.25) is 5.91 Å². The van der Waals surface area contributed by atoms with Crippen molar-refractivity contribution in [2.45, 2.75) is 52.2 Å². The van der Waals surface area contributed by atoms with E-state index in [1.54, 1.807) is 0 Å². The molecule has 4 heteroatoms. The van der Waals surface area contributed by atoms with Gasteiger partial charge >= 0.3 is 0 Å². The van der Waals surface area contributed by atoms with Gasteiger partial charge in [0.1, 0.15) is 6.04 Å². The average molecular weight is 290 g/mol. The van der Waals surface area contributed by atoms with Crippen molar-refractivity contribution in [1.82, 2.24) is 4.90 Å². The fourth-order valence-corrected chi connectivity index (χ4v) is 3.13. The molecule has 2 N–H and O–H groups in total. The minimum atomic E-state index is -0.574. The highest BCUT2D eigenvalue weighted by Gasteiger charge is 2.35. The summed E-state index contributed by atoms with van der Waals surface area (Å²) in [5.41, 5.74) is 2.98. The van der Waals surface area contributed by atoms with Crippen LogP contribution >= 0.6 is 0 Å². The molecular weight excluding hydrogens is 264 g/mol. The third-order valence-electron chi connectivity index (χ3n) is 4.21. The summed E-state index contributed by atoms with van der Waals surface area (Å²) in [6, 6.07) is 5.53. The molecule has 1 amide bonds. The van der Waals surface area contributed by atoms with Gasteiger partial charge in [-0.3, -0.25) is 9.69 Å². The van der Waals surface area contributed by atoms with Crippen LogP contribution in [0.4, 0.5) is 5.69 Å². The number of aliphatic hydroxyl groups excluding tert-OH is 1. The summed E-state index contributed by atoms with van der Waals surface area (Å²) in [4.78, 5) is 14.8. The number of carbonyl (C=O) groups excluding carboxylic acids is 1. The summed E-state index contributed by atoms with van der Waals surface area (Å²) in [6.07, 6.45) is 2.06. The molecule has 2 rings (SSSR count). The Kier molecular flexibility index (Phi) is 5.37. The van der Waals surface area contributed by atoms with Gasteiger partial charge in [0.05, 0.1) is 6.10 Å². The minimum absolute atomic E-state index is 0.0898. The zero-order chi connectivity index (χ0) is 15.4. The van der Waals surface area contributed by atoms with Gasteiger partial charge in [-0.15, -0.1) is 0 Å². The van der Waals surface area contributed by atoms with E-state index in [1.807, 2.05) is 32.0 Å². The van der Waals surface area contributed by atoms with Crippen molar-refractivity contribution >= 4 is 11.6 Å². The van der Waals surface area contributed by atoms with E-state index >= 15 is 0 Å². The highest BCUT2D eigenvalue weighted by molar-refractivity contribution is 5.96. The third-order valence-corrected chi connectivity index (χ3v) is 4.21. The third kappa shape index (κ3) is 3.63. The number of para-hydroxylation sites is 1. The first kappa shape index (κ1) is 16.0. The summed E-state index contributed by atoms with van der Waals surface area (Å²) in [5, 5.41) is 13.3. The molecule has 1 heterocycles. The summed E-state index contributed by atoms with van der Waals surface area (Å²) in [6.45, 7) is 7.81. The van der Waals surface area contributed by atoms with Gasteiger partial charge < -0.3 is 10.4 Å². The summed E-state index contributed by atoms with van der Waals surface area (Å²) < 4.78 is 0. The van der Waals surface area contributed by atoms with E-state index in [2.05, 4.69) is 17.1 Å². The van der Waals surface area contributed by atoms with Crippen LogP contribution < -0.4 is 5.32 Å². The zero-order valence-electron chi connectivity index (χ0n) is 13.2. The van der Waals surface area contributed by atoms with Crippen LogP contribution in [-0.2, 0) is 4.79 Å². The lowest BCUT2D eigenvalue weighted by atomic mass is 9.97. The molecule has 2 atom stereocenters. The Labute approximate surface area is 127 Å². The van der Waals surface area contributed by atoms with Crippen LogP contribution in [-0.4, -0.2) is 41.1 Å². The Balaban J connectivity index is 2.17. The second-order valence-corrected chi connectivity index (χ2v) is 5.95. The van der Waals surface area contributed by atoms with E-state index < -0.39 is 12.1 Å². The van der Waals surface area contributed by atoms with Crippen molar-refractivity contribution in [2.24, 2.45) is 0 Å². The molecule has 0 saturated carbocycles. The Hall–Kier alpha value is -1.39. The molecule has 1 aliphatic heterocycles. The summed E-state index contributed by atoms with van der Waals surface area (Å²) in [7, 11) is 0. The predicted octanol–water partition coefficient (Wildman–Crippen LogP) is 2.48. The molecule has 1 aromatic rings. The molecule has 4 nitrogen and oxygen atoms in total. The topological polar surface area (TPSA) is 52.6 Å². The number of benzene rings is 1. The largest absolute Gasteiger partial charge is 0.391 e. The average Bonchev–Trinajstić information content (AvgIpc) is 2.43. The highest BCUT2D eigenvalue weighted by Crippen LogP contribution is 2.23. The predicted molar refractivity (Wildman–Crippen MR) is 85.4 cm³/mol. The van der Waals surface area contributed by atoms with Crippen molar-refractivity contribution in [2.75, 3.05) is 18.4 Å².